The monoisotopic (exact) mass is 292 g/mol. The molecular formula is C16H24N2O3. The van der Waals surface area contributed by atoms with Crippen LogP contribution in [0.25, 0.3) is 0 Å². The first-order chi connectivity index (χ1) is 9.90. The van der Waals surface area contributed by atoms with Crippen LogP contribution in [-0.4, -0.2) is 27.8 Å². The molecule has 0 fully saturated rings. The van der Waals surface area contributed by atoms with Crippen LogP contribution in [0, 0.1) is 10.1 Å². The number of hydrogen-bond acceptors (Lipinski definition) is 3. The van der Waals surface area contributed by atoms with Crippen LogP contribution in [0.15, 0.2) is 24.3 Å². The number of nitro benzene ring substituents is 1. The Hall–Kier alpha value is -1.91. The van der Waals surface area contributed by atoms with Gasteiger partial charge in [0.15, 0.2) is 0 Å². The second-order valence-corrected chi connectivity index (χ2v) is 5.42. The highest BCUT2D eigenvalue weighted by Gasteiger charge is 2.23. The Morgan fingerprint density at radius 1 is 1.14 bits per heavy atom. The molecule has 0 spiro atoms. The quantitative estimate of drug-likeness (QED) is 0.570. The lowest BCUT2D eigenvalue weighted by atomic mass is 10.1. The van der Waals surface area contributed by atoms with Crippen molar-refractivity contribution in [3.8, 4) is 0 Å². The summed E-state index contributed by atoms with van der Waals surface area (Å²) < 4.78 is 0. The number of non-ortho nitro benzene ring substituents is 1. The number of carbonyl (C=O) groups excluding carboxylic acids is 1. The van der Waals surface area contributed by atoms with Crippen molar-refractivity contribution in [1.29, 1.82) is 0 Å². The van der Waals surface area contributed by atoms with Gasteiger partial charge in [0.25, 0.3) is 5.69 Å². The Balaban J connectivity index is 2.83. The molecule has 1 aromatic rings. The van der Waals surface area contributed by atoms with E-state index in [4.69, 9.17) is 0 Å². The van der Waals surface area contributed by atoms with E-state index in [1.807, 2.05) is 4.90 Å². The number of rotatable bonds is 7. The fraction of sp³-hybridized carbons (Fsp3) is 0.562. The standard InChI is InChI=1S/C16H24N2O3/c1-5-12(3)17(13(4)6-2)16(19)11-14-7-9-15(10-8-14)18(20)21/h7-10,12-13H,5-6,11H2,1-4H3/t12-,13-/m1/s1. The fourth-order valence-electron chi connectivity index (χ4n) is 2.32. The molecule has 1 rings (SSSR count). The number of nitrogens with zero attached hydrogens (tertiary/aromatic N) is 2. The van der Waals surface area contributed by atoms with Gasteiger partial charge in [-0.05, 0) is 32.3 Å². The zero-order chi connectivity index (χ0) is 16.0. The highest BCUT2D eigenvalue weighted by atomic mass is 16.6. The van der Waals surface area contributed by atoms with Gasteiger partial charge in [-0.25, -0.2) is 0 Å². The lowest BCUT2D eigenvalue weighted by Crippen LogP contribution is -2.45. The van der Waals surface area contributed by atoms with Crippen molar-refractivity contribution in [2.75, 3.05) is 0 Å². The second kappa shape index (κ2) is 7.76. The van der Waals surface area contributed by atoms with Crippen molar-refractivity contribution in [3.05, 3.63) is 39.9 Å². The summed E-state index contributed by atoms with van der Waals surface area (Å²) in [6.45, 7) is 8.25. The summed E-state index contributed by atoms with van der Waals surface area (Å²) in [6, 6.07) is 6.60. The van der Waals surface area contributed by atoms with E-state index >= 15 is 0 Å². The average molecular weight is 292 g/mol. The zero-order valence-electron chi connectivity index (χ0n) is 13.2. The minimum Gasteiger partial charge on any atom is -0.337 e. The Labute approximate surface area is 126 Å². The molecule has 0 aliphatic heterocycles. The molecular weight excluding hydrogens is 268 g/mol. The summed E-state index contributed by atoms with van der Waals surface area (Å²) in [5, 5.41) is 10.6. The summed E-state index contributed by atoms with van der Waals surface area (Å²) in [5.74, 6) is 0.0764. The summed E-state index contributed by atoms with van der Waals surface area (Å²) in [5.41, 5.74) is 0.856. The SMILES string of the molecule is CC[C@@H](C)N(C(=O)Cc1ccc([N+](=O)[O-])cc1)[C@H](C)CC. The van der Waals surface area contributed by atoms with Gasteiger partial charge in [-0.15, -0.1) is 0 Å². The van der Waals surface area contributed by atoms with Crippen LogP contribution in [0.2, 0.25) is 0 Å². The predicted molar refractivity (Wildman–Crippen MR) is 83.2 cm³/mol. The summed E-state index contributed by atoms with van der Waals surface area (Å²) >= 11 is 0. The van der Waals surface area contributed by atoms with Crippen LogP contribution in [0.5, 0.6) is 0 Å². The van der Waals surface area contributed by atoms with E-state index in [1.54, 1.807) is 12.1 Å². The van der Waals surface area contributed by atoms with Gasteiger partial charge in [-0.1, -0.05) is 26.0 Å². The van der Waals surface area contributed by atoms with Gasteiger partial charge < -0.3 is 4.90 Å². The topological polar surface area (TPSA) is 63.5 Å². The maximum absolute atomic E-state index is 12.5. The third-order valence-electron chi connectivity index (χ3n) is 3.92. The van der Waals surface area contributed by atoms with E-state index in [1.165, 1.54) is 12.1 Å². The molecule has 0 radical (unpaired) electrons. The van der Waals surface area contributed by atoms with Gasteiger partial charge in [-0.3, -0.25) is 14.9 Å². The van der Waals surface area contributed by atoms with Crippen LogP contribution < -0.4 is 0 Å². The van der Waals surface area contributed by atoms with E-state index in [0.717, 1.165) is 18.4 Å². The molecule has 0 aliphatic rings. The Kier molecular flexibility index (Phi) is 6.34. The molecule has 0 aliphatic carbocycles. The van der Waals surface area contributed by atoms with Crippen molar-refractivity contribution in [2.24, 2.45) is 0 Å². The van der Waals surface area contributed by atoms with Crippen LogP contribution in [0.1, 0.15) is 46.1 Å². The molecule has 116 valence electrons. The van der Waals surface area contributed by atoms with Gasteiger partial charge in [0.05, 0.1) is 11.3 Å². The second-order valence-electron chi connectivity index (χ2n) is 5.42. The lowest BCUT2D eigenvalue weighted by Gasteiger charge is -2.34. The molecule has 5 nitrogen and oxygen atoms in total. The van der Waals surface area contributed by atoms with Gasteiger partial charge in [0, 0.05) is 24.2 Å². The summed E-state index contributed by atoms with van der Waals surface area (Å²) in [4.78, 5) is 24.7. The molecule has 0 N–H and O–H groups in total. The summed E-state index contributed by atoms with van der Waals surface area (Å²) in [7, 11) is 0. The van der Waals surface area contributed by atoms with E-state index in [-0.39, 0.29) is 30.1 Å². The number of amides is 1. The van der Waals surface area contributed by atoms with Crippen molar-refractivity contribution < 1.29 is 9.72 Å². The van der Waals surface area contributed by atoms with E-state index in [9.17, 15) is 14.9 Å². The molecule has 0 bridgehead atoms. The lowest BCUT2D eigenvalue weighted by molar-refractivity contribution is -0.384. The normalized spacial score (nSPS) is 13.5. The van der Waals surface area contributed by atoms with Gasteiger partial charge in [-0.2, -0.15) is 0 Å². The number of hydrogen-bond donors (Lipinski definition) is 0. The molecule has 2 atom stereocenters. The van der Waals surface area contributed by atoms with Crippen LogP contribution >= 0.6 is 0 Å². The number of carbonyl (C=O) groups is 1. The minimum atomic E-state index is -0.434. The maximum Gasteiger partial charge on any atom is 0.269 e. The predicted octanol–water partition coefficient (Wildman–Crippen LogP) is 3.56. The van der Waals surface area contributed by atoms with Crippen LogP contribution in [0.4, 0.5) is 5.69 Å². The summed E-state index contributed by atoms with van der Waals surface area (Å²) in [6.07, 6.45) is 2.11. The first-order valence-electron chi connectivity index (χ1n) is 7.45. The van der Waals surface area contributed by atoms with Gasteiger partial charge in [0.2, 0.25) is 5.91 Å². The van der Waals surface area contributed by atoms with Crippen molar-refractivity contribution in [2.45, 2.75) is 59.0 Å². The van der Waals surface area contributed by atoms with Gasteiger partial charge in [0.1, 0.15) is 0 Å². The van der Waals surface area contributed by atoms with E-state index in [2.05, 4.69) is 27.7 Å². The third-order valence-corrected chi connectivity index (χ3v) is 3.92. The van der Waals surface area contributed by atoms with E-state index < -0.39 is 4.92 Å². The molecule has 0 saturated carbocycles. The molecule has 0 unspecified atom stereocenters. The molecule has 0 heterocycles. The zero-order valence-corrected chi connectivity index (χ0v) is 13.2. The van der Waals surface area contributed by atoms with Gasteiger partial charge >= 0.3 is 0 Å². The molecule has 0 aromatic heterocycles. The minimum absolute atomic E-state index is 0.0481. The first-order valence-corrected chi connectivity index (χ1v) is 7.45. The Morgan fingerprint density at radius 3 is 2.00 bits per heavy atom. The first kappa shape index (κ1) is 17.1. The molecule has 5 heteroatoms. The molecule has 1 amide bonds. The molecule has 1 aromatic carbocycles. The molecule has 0 saturated heterocycles. The fourth-order valence-corrected chi connectivity index (χ4v) is 2.32. The van der Waals surface area contributed by atoms with Crippen molar-refractivity contribution in [1.82, 2.24) is 4.90 Å². The van der Waals surface area contributed by atoms with E-state index in [0.29, 0.717) is 0 Å². The Morgan fingerprint density at radius 2 is 1.62 bits per heavy atom. The maximum atomic E-state index is 12.5. The average Bonchev–Trinajstić information content (AvgIpc) is 2.47. The number of benzene rings is 1. The molecule has 21 heavy (non-hydrogen) atoms. The third kappa shape index (κ3) is 4.55. The highest BCUT2D eigenvalue weighted by molar-refractivity contribution is 5.79. The van der Waals surface area contributed by atoms with Crippen LogP contribution in [-0.2, 0) is 11.2 Å². The smallest absolute Gasteiger partial charge is 0.269 e. The van der Waals surface area contributed by atoms with Crippen LogP contribution in [0.3, 0.4) is 0 Å². The Bertz CT molecular complexity index is 475. The highest BCUT2D eigenvalue weighted by Crippen LogP contribution is 2.16. The number of nitro groups is 1. The van der Waals surface area contributed by atoms with Crippen molar-refractivity contribution in [3.63, 3.8) is 0 Å². The largest absolute Gasteiger partial charge is 0.337 e. The van der Waals surface area contributed by atoms with Crippen molar-refractivity contribution >= 4 is 11.6 Å².